The highest BCUT2D eigenvalue weighted by molar-refractivity contribution is 7.46. The molecule has 1 atom stereocenters. The second-order valence-corrected chi connectivity index (χ2v) is 4.82. The molecule has 0 aliphatic rings. The summed E-state index contributed by atoms with van der Waals surface area (Å²) in [5.41, 5.74) is 1.28. The number of para-hydroxylation sites is 1. The SMILES string of the molecule is COc1ccccc1CPc1ccccc1.[B]. The molecule has 0 saturated carbocycles. The molecular weight excluding hydrogens is 226 g/mol. The Labute approximate surface area is 107 Å². The number of methoxy groups -OCH3 is 1. The summed E-state index contributed by atoms with van der Waals surface area (Å²) in [6, 6.07) is 18.8. The van der Waals surface area contributed by atoms with Crippen molar-refractivity contribution < 1.29 is 4.74 Å². The fraction of sp³-hybridized carbons (Fsp3) is 0.143. The van der Waals surface area contributed by atoms with Crippen molar-refractivity contribution in [3.63, 3.8) is 0 Å². The van der Waals surface area contributed by atoms with E-state index < -0.39 is 0 Å². The summed E-state index contributed by atoms with van der Waals surface area (Å²) < 4.78 is 5.34. The predicted octanol–water partition coefficient (Wildman–Crippen LogP) is 2.82. The first-order valence-corrected chi connectivity index (χ1v) is 6.51. The molecule has 0 fully saturated rings. The van der Waals surface area contributed by atoms with E-state index in [1.807, 2.05) is 12.1 Å². The number of hydrogen-bond donors (Lipinski definition) is 0. The Kier molecular flexibility index (Phi) is 5.79. The van der Waals surface area contributed by atoms with E-state index in [9.17, 15) is 0 Å². The summed E-state index contributed by atoms with van der Waals surface area (Å²) in [6.45, 7) is 0. The average Bonchev–Trinajstić information content (AvgIpc) is 2.38. The third-order valence-electron chi connectivity index (χ3n) is 2.45. The monoisotopic (exact) mass is 241 g/mol. The van der Waals surface area contributed by atoms with Crippen LogP contribution in [0.1, 0.15) is 5.56 Å². The first-order valence-electron chi connectivity index (χ1n) is 5.31. The van der Waals surface area contributed by atoms with Gasteiger partial charge in [0.05, 0.1) is 7.11 Å². The highest BCUT2D eigenvalue weighted by atomic mass is 31.1. The van der Waals surface area contributed by atoms with Gasteiger partial charge in [-0.3, -0.25) is 0 Å². The van der Waals surface area contributed by atoms with Crippen LogP contribution in [-0.2, 0) is 6.16 Å². The predicted molar refractivity (Wildman–Crippen MR) is 76.8 cm³/mol. The van der Waals surface area contributed by atoms with Crippen molar-refractivity contribution in [1.82, 2.24) is 0 Å². The van der Waals surface area contributed by atoms with Gasteiger partial charge in [-0.1, -0.05) is 57.1 Å². The van der Waals surface area contributed by atoms with Crippen molar-refractivity contribution >= 4 is 22.3 Å². The molecule has 0 aromatic heterocycles. The number of rotatable bonds is 4. The Hall–Kier alpha value is -1.27. The van der Waals surface area contributed by atoms with Crippen LogP contribution in [0.5, 0.6) is 5.75 Å². The Morgan fingerprint density at radius 1 is 0.941 bits per heavy atom. The minimum atomic E-state index is 0. The second kappa shape index (κ2) is 7.14. The molecule has 0 saturated heterocycles. The molecule has 0 aliphatic carbocycles. The van der Waals surface area contributed by atoms with E-state index in [0.717, 1.165) is 20.5 Å². The first-order chi connectivity index (χ1) is 7.90. The van der Waals surface area contributed by atoms with Crippen molar-refractivity contribution in [2.24, 2.45) is 0 Å². The highest BCUT2D eigenvalue weighted by Gasteiger charge is 2.01. The molecule has 17 heavy (non-hydrogen) atoms. The summed E-state index contributed by atoms with van der Waals surface area (Å²) in [5, 5.41) is 1.40. The lowest BCUT2D eigenvalue weighted by atomic mass is 10.2. The van der Waals surface area contributed by atoms with Gasteiger partial charge in [0.1, 0.15) is 5.75 Å². The number of benzene rings is 2. The summed E-state index contributed by atoms with van der Waals surface area (Å²) in [5.74, 6) is 0.992. The Bertz CT molecular complexity index is 445. The zero-order valence-electron chi connectivity index (χ0n) is 9.89. The molecule has 0 amide bonds. The maximum Gasteiger partial charge on any atom is 0.122 e. The Morgan fingerprint density at radius 2 is 1.59 bits per heavy atom. The summed E-state index contributed by atoms with van der Waals surface area (Å²) >= 11 is 0. The normalized spacial score (nSPS) is 10.2. The molecule has 1 unspecified atom stereocenters. The number of hydrogen-bond acceptors (Lipinski definition) is 1. The summed E-state index contributed by atoms with van der Waals surface area (Å²) in [6.07, 6.45) is 1.05. The van der Waals surface area contributed by atoms with Gasteiger partial charge in [0.2, 0.25) is 0 Å². The summed E-state index contributed by atoms with van der Waals surface area (Å²) in [4.78, 5) is 0. The fourth-order valence-electron chi connectivity index (χ4n) is 1.60. The van der Waals surface area contributed by atoms with E-state index in [0.29, 0.717) is 0 Å². The van der Waals surface area contributed by atoms with Gasteiger partial charge in [-0.05, 0) is 23.1 Å². The van der Waals surface area contributed by atoms with Gasteiger partial charge >= 0.3 is 0 Å². The van der Waals surface area contributed by atoms with Gasteiger partial charge in [0.25, 0.3) is 0 Å². The minimum Gasteiger partial charge on any atom is -0.496 e. The minimum absolute atomic E-state index is 0. The van der Waals surface area contributed by atoms with Crippen LogP contribution < -0.4 is 10.0 Å². The third-order valence-corrected chi connectivity index (χ3v) is 3.75. The summed E-state index contributed by atoms with van der Waals surface area (Å²) in [7, 11) is 2.53. The molecule has 0 spiro atoms. The van der Waals surface area contributed by atoms with Crippen LogP contribution in [-0.4, -0.2) is 15.5 Å². The van der Waals surface area contributed by atoms with Crippen molar-refractivity contribution in [1.29, 1.82) is 0 Å². The van der Waals surface area contributed by atoms with Gasteiger partial charge in [-0.2, -0.15) is 0 Å². The first kappa shape index (κ1) is 13.8. The van der Waals surface area contributed by atoms with E-state index in [4.69, 9.17) is 4.74 Å². The molecule has 0 N–H and O–H groups in total. The van der Waals surface area contributed by atoms with E-state index >= 15 is 0 Å². The molecule has 0 bridgehead atoms. The smallest absolute Gasteiger partial charge is 0.122 e. The average molecular weight is 241 g/mol. The lowest BCUT2D eigenvalue weighted by Crippen LogP contribution is -1.94. The van der Waals surface area contributed by atoms with Crippen LogP contribution in [0.3, 0.4) is 0 Å². The standard InChI is InChI=1S/C14H15OP.B/c1-15-14-10-6-5-7-12(14)11-16-13-8-3-2-4-9-13;/h2-10,16H,11H2,1H3;. The van der Waals surface area contributed by atoms with Crippen LogP contribution >= 0.6 is 8.58 Å². The zero-order valence-corrected chi connectivity index (χ0v) is 10.9. The lowest BCUT2D eigenvalue weighted by molar-refractivity contribution is 0.411. The van der Waals surface area contributed by atoms with Crippen LogP contribution in [0.25, 0.3) is 0 Å². The van der Waals surface area contributed by atoms with Gasteiger partial charge in [-0.15, -0.1) is 0 Å². The third kappa shape index (κ3) is 3.91. The second-order valence-electron chi connectivity index (χ2n) is 3.53. The van der Waals surface area contributed by atoms with Gasteiger partial charge in [0, 0.05) is 8.41 Å². The van der Waals surface area contributed by atoms with Crippen LogP contribution in [0, 0.1) is 0 Å². The van der Waals surface area contributed by atoms with Gasteiger partial charge in [0.15, 0.2) is 0 Å². The molecule has 85 valence electrons. The molecule has 0 heterocycles. The van der Waals surface area contributed by atoms with Crippen molar-refractivity contribution in [2.45, 2.75) is 6.16 Å². The maximum atomic E-state index is 5.34. The fourth-order valence-corrected chi connectivity index (χ4v) is 2.72. The van der Waals surface area contributed by atoms with E-state index in [2.05, 4.69) is 42.5 Å². The topological polar surface area (TPSA) is 9.23 Å². The van der Waals surface area contributed by atoms with E-state index in [1.54, 1.807) is 7.11 Å². The zero-order chi connectivity index (χ0) is 11.2. The molecule has 1 nitrogen and oxygen atoms in total. The van der Waals surface area contributed by atoms with E-state index in [1.165, 1.54) is 10.9 Å². The maximum absolute atomic E-state index is 5.34. The van der Waals surface area contributed by atoms with Crippen LogP contribution in [0.4, 0.5) is 0 Å². The van der Waals surface area contributed by atoms with Gasteiger partial charge < -0.3 is 4.74 Å². The number of ether oxygens (including phenoxy) is 1. The molecule has 3 heteroatoms. The lowest BCUT2D eigenvalue weighted by Gasteiger charge is -2.07. The Morgan fingerprint density at radius 3 is 2.29 bits per heavy atom. The molecule has 2 rings (SSSR count). The quantitative estimate of drug-likeness (QED) is 0.590. The highest BCUT2D eigenvalue weighted by Crippen LogP contribution is 2.25. The van der Waals surface area contributed by atoms with E-state index in [-0.39, 0.29) is 8.41 Å². The van der Waals surface area contributed by atoms with Crippen molar-refractivity contribution in [2.75, 3.05) is 7.11 Å². The molecule has 2 aromatic rings. The van der Waals surface area contributed by atoms with Crippen molar-refractivity contribution in [3.05, 3.63) is 60.2 Å². The van der Waals surface area contributed by atoms with Gasteiger partial charge in [-0.25, -0.2) is 0 Å². The molecule has 0 aliphatic heterocycles. The Balaban J connectivity index is 0.00000144. The van der Waals surface area contributed by atoms with Crippen molar-refractivity contribution in [3.8, 4) is 5.75 Å². The molecule has 2 aromatic carbocycles. The largest absolute Gasteiger partial charge is 0.496 e. The van der Waals surface area contributed by atoms with Crippen LogP contribution in [0.2, 0.25) is 0 Å². The molecule has 3 radical (unpaired) electrons. The molecular formula is C14H15BOP. The van der Waals surface area contributed by atoms with Crippen LogP contribution in [0.15, 0.2) is 54.6 Å².